The number of aromatic nitrogens is 1. The van der Waals surface area contributed by atoms with Crippen LogP contribution in [0.15, 0.2) is 12.1 Å². The second-order valence-corrected chi connectivity index (χ2v) is 8.74. The number of aryl methyl sites for hydroxylation is 2. The molecule has 1 saturated heterocycles. The molecule has 1 amide bonds. The summed E-state index contributed by atoms with van der Waals surface area (Å²) < 4.78 is 5.34. The van der Waals surface area contributed by atoms with Crippen LogP contribution < -0.4 is 10.6 Å². The lowest BCUT2D eigenvalue weighted by Crippen LogP contribution is -2.47. The average molecular weight is 366 g/mol. The Hall–Kier alpha value is -1.28. The van der Waals surface area contributed by atoms with Gasteiger partial charge in [0.1, 0.15) is 0 Å². The number of thiazole rings is 1. The van der Waals surface area contributed by atoms with Crippen LogP contribution in [0.3, 0.4) is 0 Å². The topological polar surface area (TPSA) is 63.2 Å². The molecule has 0 unspecified atom stereocenters. The summed E-state index contributed by atoms with van der Waals surface area (Å²) in [5, 5.41) is 7.02. The summed E-state index contributed by atoms with van der Waals surface area (Å²) in [7, 11) is 1.65. The molecule has 2 N–H and O–H groups in total. The Morgan fingerprint density at radius 2 is 2.08 bits per heavy atom. The molecule has 1 aliphatic rings. The highest BCUT2D eigenvalue weighted by molar-refractivity contribution is 7.18. The van der Waals surface area contributed by atoms with Crippen LogP contribution in [0.4, 0.5) is 5.13 Å². The molecule has 24 heavy (non-hydrogen) atoms. The van der Waals surface area contributed by atoms with Gasteiger partial charge in [0.25, 0.3) is 0 Å². The zero-order chi connectivity index (χ0) is 17.2. The van der Waals surface area contributed by atoms with Gasteiger partial charge in [-0.25, -0.2) is 4.98 Å². The Bertz CT molecular complexity index is 712. The SMILES string of the molecule is COCC1(C(=O)Nc2nc(-c3ccc(C)s3)c(C)s2)CCNCC1. The second kappa shape index (κ2) is 7.31. The van der Waals surface area contributed by atoms with E-state index in [-0.39, 0.29) is 5.91 Å². The lowest BCUT2D eigenvalue weighted by Gasteiger charge is -2.35. The van der Waals surface area contributed by atoms with E-state index in [0.29, 0.717) is 11.7 Å². The fraction of sp³-hybridized carbons (Fsp3) is 0.529. The van der Waals surface area contributed by atoms with Gasteiger partial charge in [0.05, 0.1) is 22.6 Å². The standard InChI is InChI=1S/C17H23N3O2S2/c1-11-4-5-13(23-11)14-12(2)24-16(19-14)20-15(21)17(10-22-3)6-8-18-9-7-17/h4-5,18H,6-10H2,1-3H3,(H,19,20,21). The van der Waals surface area contributed by atoms with Crippen molar-refractivity contribution in [1.82, 2.24) is 10.3 Å². The summed E-state index contributed by atoms with van der Waals surface area (Å²) in [5.74, 6) is 0.0218. The van der Waals surface area contributed by atoms with Crippen molar-refractivity contribution >= 4 is 33.7 Å². The summed E-state index contributed by atoms with van der Waals surface area (Å²) in [5.41, 5.74) is 0.513. The number of nitrogens with zero attached hydrogens (tertiary/aromatic N) is 1. The van der Waals surface area contributed by atoms with E-state index >= 15 is 0 Å². The molecule has 7 heteroatoms. The van der Waals surface area contributed by atoms with Crippen LogP contribution in [0.1, 0.15) is 22.6 Å². The lowest BCUT2D eigenvalue weighted by molar-refractivity contribution is -0.130. The van der Waals surface area contributed by atoms with Crippen molar-refractivity contribution in [2.24, 2.45) is 5.41 Å². The number of hydrogen-bond acceptors (Lipinski definition) is 6. The molecule has 3 heterocycles. The highest BCUT2D eigenvalue weighted by Crippen LogP contribution is 2.36. The first-order valence-corrected chi connectivity index (χ1v) is 9.73. The predicted molar refractivity (Wildman–Crippen MR) is 99.9 cm³/mol. The molecule has 0 bridgehead atoms. The Balaban J connectivity index is 1.79. The van der Waals surface area contributed by atoms with Crippen LogP contribution >= 0.6 is 22.7 Å². The molecule has 0 atom stereocenters. The van der Waals surface area contributed by atoms with Crippen molar-refractivity contribution in [1.29, 1.82) is 0 Å². The fourth-order valence-corrected chi connectivity index (χ4v) is 4.89. The van der Waals surface area contributed by atoms with Crippen LogP contribution in [0, 0.1) is 19.3 Å². The zero-order valence-electron chi connectivity index (χ0n) is 14.3. The van der Waals surface area contributed by atoms with Gasteiger partial charge in [-0.05, 0) is 51.9 Å². The van der Waals surface area contributed by atoms with E-state index in [1.54, 1.807) is 18.4 Å². The quantitative estimate of drug-likeness (QED) is 0.852. The Morgan fingerprint density at radius 3 is 2.71 bits per heavy atom. The van der Waals surface area contributed by atoms with Gasteiger partial charge in [0.15, 0.2) is 5.13 Å². The molecule has 5 nitrogen and oxygen atoms in total. The number of hydrogen-bond donors (Lipinski definition) is 2. The van der Waals surface area contributed by atoms with Crippen molar-refractivity contribution in [2.45, 2.75) is 26.7 Å². The van der Waals surface area contributed by atoms with Gasteiger partial charge in [0, 0.05) is 16.9 Å². The van der Waals surface area contributed by atoms with Crippen molar-refractivity contribution in [3.8, 4) is 10.6 Å². The molecular formula is C17H23N3O2S2. The first-order chi connectivity index (χ1) is 11.5. The predicted octanol–water partition coefficient (Wildman–Crippen LogP) is 3.44. The van der Waals surface area contributed by atoms with Crippen molar-refractivity contribution in [3.05, 3.63) is 21.9 Å². The van der Waals surface area contributed by atoms with Gasteiger partial charge < -0.3 is 15.4 Å². The summed E-state index contributed by atoms with van der Waals surface area (Å²) in [6.45, 7) is 6.26. The molecular weight excluding hydrogens is 342 g/mol. The maximum absolute atomic E-state index is 12.9. The molecule has 0 aliphatic carbocycles. The molecule has 2 aromatic rings. The van der Waals surface area contributed by atoms with E-state index in [9.17, 15) is 4.79 Å². The minimum atomic E-state index is -0.459. The normalized spacial score (nSPS) is 17.0. The van der Waals surface area contributed by atoms with Crippen molar-refractivity contribution in [2.75, 3.05) is 32.1 Å². The fourth-order valence-electron chi connectivity index (χ4n) is 3.09. The number of methoxy groups -OCH3 is 1. The van der Waals surface area contributed by atoms with Crippen molar-refractivity contribution < 1.29 is 9.53 Å². The summed E-state index contributed by atoms with van der Waals surface area (Å²) in [4.78, 5) is 21.1. The highest BCUT2D eigenvalue weighted by Gasteiger charge is 2.40. The Labute approximate surface area is 150 Å². The molecule has 2 aromatic heterocycles. The van der Waals surface area contributed by atoms with Crippen LogP contribution in [0.2, 0.25) is 0 Å². The number of carbonyl (C=O) groups excluding carboxylic acids is 1. The molecule has 0 aromatic carbocycles. The monoisotopic (exact) mass is 365 g/mol. The number of anilines is 1. The summed E-state index contributed by atoms with van der Waals surface area (Å²) in [6, 6.07) is 4.19. The molecule has 0 spiro atoms. The average Bonchev–Trinajstić information content (AvgIpc) is 3.14. The Morgan fingerprint density at radius 1 is 1.33 bits per heavy atom. The molecule has 130 valence electrons. The third-order valence-electron chi connectivity index (χ3n) is 4.45. The van der Waals surface area contributed by atoms with Crippen LogP contribution in [0.25, 0.3) is 10.6 Å². The minimum Gasteiger partial charge on any atom is -0.384 e. The van der Waals surface area contributed by atoms with Gasteiger partial charge in [-0.2, -0.15) is 0 Å². The zero-order valence-corrected chi connectivity index (χ0v) is 15.9. The smallest absolute Gasteiger partial charge is 0.234 e. The number of carbonyl (C=O) groups is 1. The minimum absolute atomic E-state index is 0.0218. The van der Waals surface area contributed by atoms with Crippen LogP contribution in [-0.2, 0) is 9.53 Å². The van der Waals surface area contributed by atoms with Crippen LogP contribution in [-0.4, -0.2) is 37.7 Å². The largest absolute Gasteiger partial charge is 0.384 e. The molecule has 1 aliphatic heterocycles. The van der Waals surface area contributed by atoms with E-state index in [0.717, 1.165) is 41.4 Å². The summed E-state index contributed by atoms with van der Waals surface area (Å²) >= 11 is 3.26. The number of nitrogens with one attached hydrogen (secondary N) is 2. The van der Waals surface area contributed by atoms with E-state index in [1.165, 1.54) is 16.2 Å². The number of ether oxygens (including phenoxy) is 1. The Kier molecular flexibility index (Phi) is 5.34. The number of amides is 1. The van der Waals surface area contributed by atoms with E-state index in [1.807, 2.05) is 6.92 Å². The lowest BCUT2D eigenvalue weighted by atomic mass is 9.79. The first kappa shape index (κ1) is 17.5. The van der Waals surface area contributed by atoms with E-state index in [2.05, 4.69) is 34.7 Å². The second-order valence-electron chi connectivity index (χ2n) is 6.25. The van der Waals surface area contributed by atoms with Gasteiger partial charge in [-0.3, -0.25) is 4.79 Å². The van der Waals surface area contributed by atoms with Crippen molar-refractivity contribution in [3.63, 3.8) is 0 Å². The number of thiophene rings is 1. The third-order valence-corrected chi connectivity index (χ3v) is 6.35. The van der Waals surface area contributed by atoms with E-state index in [4.69, 9.17) is 4.74 Å². The first-order valence-electron chi connectivity index (χ1n) is 8.09. The van der Waals surface area contributed by atoms with Gasteiger partial charge in [-0.1, -0.05) is 0 Å². The van der Waals surface area contributed by atoms with Gasteiger partial charge in [0.2, 0.25) is 5.91 Å². The molecule has 0 saturated carbocycles. The summed E-state index contributed by atoms with van der Waals surface area (Å²) in [6.07, 6.45) is 1.57. The van der Waals surface area contributed by atoms with Gasteiger partial charge >= 0.3 is 0 Å². The van der Waals surface area contributed by atoms with Gasteiger partial charge in [-0.15, -0.1) is 22.7 Å². The maximum Gasteiger partial charge on any atom is 0.234 e. The number of rotatable bonds is 5. The maximum atomic E-state index is 12.9. The molecule has 3 rings (SSSR count). The highest BCUT2D eigenvalue weighted by atomic mass is 32.1. The van der Waals surface area contributed by atoms with Crippen LogP contribution in [0.5, 0.6) is 0 Å². The molecule has 0 radical (unpaired) electrons. The van der Waals surface area contributed by atoms with E-state index < -0.39 is 5.41 Å². The third kappa shape index (κ3) is 3.54. The molecule has 1 fully saturated rings. The number of piperidine rings is 1.